The lowest BCUT2D eigenvalue weighted by Crippen LogP contribution is -2.32. The van der Waals surface area contributed by atoms with Gasteiger partial charge in [0.25, 0.3) is 0 Å². The lowest BCUT2D eigenvalue weighted by atomic mass is 9.82. The maximum Gasteiger partial charge on any atom is 0.312 e. The summed E-state index contributed by atoms with van der Waals surface area (Å²) in [5, 5.41) is 40.8. The molecule has 2 aliphatic rings. The molecule has 1 unspecified atom stereocenters. The van der Waals surface area contributed by atoms with E-state index < -0.39 is 18.2 Å². The summed E-state index contributed by atoms with van der Waals surface area (Å²) < 4.78 is 11.6. The summed E-state index contributed by atoms with van der Waals surface area (Å²) in [7, 11) is 0. The van der Waals surface area contributed by atoms with Gasteiger partial charge in [0.1, 0.15) is 23.4 Å². The van der Waals surface area contributed by atoms with Crippen LogP contribution in [0.5, 0.6) is 28.7 Å². The Morgan fingerprint density at radius 1 is 0.839 bits per heavy atom. The van der Waals surface area contributed by atoms with Crippen LogP contribution in [0.2, 0.25) is 0 Å². The van der Waals surface area contributed by atoms with E-state index in [0.29, 0.717) is 22.4 Å². The van der Waals surface area contributed by atoms with Crippen LogP contribution in [0.25, 0.3) is 0 Å². The van der Waals surface area contributed by atoms with Gasteiger partial charge in [-0.1, -0.05) is 36.4 Å². The molecule has 3 aromatic rings. The van der Waals surface area contributed by atoms with Crippen LogP contribution in [0, 0.1) is 0 Å². The number of rotatable bonds is 2. The number of carbonyl (C=O) groups excluding carboxylic acids is 1. The van der Waals surface area contributed by atoms with E-state index in [9.17, 15) is 25.2 Å². The molecule has 0 bridgehead atoms. The highest BCUT2D eigenvalue weighted by atomic mass is 16.5. The summed E-state index contributed by atoms with van der Waals surface area (Å²) in [6, 6.07) is 15.1. The second-order valence-electron chi connectivity index (χ2n) is 7.81. The second-order valence-corrected chi connectivity index (χ2v) is 7.81. The highest BCUT2D eigenvalue weighted by molar-refractivity contribution is 5.80. The molecule has 0 aromatic heterocycles. The van der Waals surface area contributed by atoms with Crippen molar-refractivity contribution in [1.82, 2.24) is 0 Å². The molecule has 0 spiro atoms. The van der Waals surface area contributed by atoms with Crippen LogP contribution >= 0.6 is 0 Å². The first-order chi connectivity index (χ1) is 14.9. The lowest BCUT2D eigenvalue weighted by molar-refractivity contribution is -0.135. The van der Waals surface area contributed by atoms with Gasteiger partial charge in [-0.2, -0.15) is 0 Å². The van der Waals surface area contributed by atoms with Crippen LogP contribution < -0.4 is 9.47 Å². The van der Waals surface area contributed by atoms with Gasteiger partial charge < -0.3 is 29.9 Å². The third kappa shape index (κ3) is 3.23. The Balaban J connectivity index is 1.66. The van der Waals surface area contributed by atoms with Gasteiger partial charge in [-0.3, -0.25) is 4.79 Å². The third-order valence-electron chi connectivity index (χ3n) is 5.84. The van der Waals surface area contributed by atoms with Crippen molar-refractivity contribution in [2.75, 3.05) is 0 Å². The number of aliphatic hydroxyl groups is 1. The van der Waals surface area contributed by atoms with E-state index >= 15 is 0 Å². The lowest BCUT2D eigenvalue weighted by Gasteiger charge is -2.36. The predicted molar refractivity (Wildman–Crippen MR) is 109 cm³/mol. The maximum atomic E-state index is 12.3. The first kappa shape index (κ1) is 19.3. The van der Waals surface area contributed by atoms with Gasteiger partial charge in [0.2, 0.25) is 0 Å². The van der Waals surface area contributed by atoms with Crippen LogP contribution in [0.3, 0.4) is 0 Å². The number of esters is 1. The number of benzene rings is 3. The fourth-order valence-corrected chi connectivity index (χ4v) is 4.36. The smallest absolute Gasteiger partial charge is 0.312 e. The number of hydrogen-bond donors (Lipinski definition) is 4. The molecule has 3 atom stereocenters. The average molecular weight is 420 g/mol. The van der Waals surface area contributed by atoms with Crippen molar-refractivity contribution in [3.63, 3.8) is 0 Å². The monoisotopic (exact) mass is 420 g/mol. The van der Waals surface area contributed by atoms with Gasteiger partial charge in [0.05, 0.1) is 12.5 Å². The summed E-state index contributed by atoms with van der Waals surface area (Å²) in [6.45, 7) is 0. The maximum absolute atomic E-state index is 12.3. The van der Waals surface area contributed by atoms with E-state index in [1.807, 2.05) is 30.3 Å². The topological polar surface area (TPSA) is 116 Å². The zero-order chi connectivity index (χ0) is 21.7. The summed E-state index contributed by atoms with van der Waals surface area (Å²) >= 11 is 0. The molecule has 0 fully saturated rings. The number of aromatic hydroxyl groups is 3. The molecule has 2 aliphatic heterocycles. The summed E-state index contributed by atoms with van der Waals surface area (Å²) in [5.41, 5.74) is 2.44. The van der Waals surface area contributed by atoms with E-state index in [0.717, 1.165) is 5.56 Å². The van der Waals surface area contributed by atoms with Gasteiger partial charge in [-0.05, 0) is 23.3 Å². The molecular formula is C24H20O7. The number of carbonyl (C=O) groups is 1. The van der Waals surface area contributed by atoms with Crippen molar-refractivity contribution in [1.29, 1.82) is 0 Å². The van der Waals surface area contributed by atoms with Crippen molar-refractivity contribution >= 4 is 5.97 Å². The minimum absolute atomic E-state index is 0.107. The van der Waals surface area contributed by atoms with E-state index in [2.05, 4.69) is 0 Å². The molecule has 0 saturated heterocycles. The normalized spacial score (nSPS) is 22.1. The predicted octanol–water partition coefficient (Wildman–Crippen LogP) is 3.28. The average Bonchev–Trinajstić information content (AvgIpc) is 2.75. The largest absolute Gasteiger partial charge is 0.507 e. The number of hydrogen-bond acceptors (Lipinski definition) is 7. The molecule has 0 saturated carbocycles. The Morgan fingerprint density at radius 3 is 2.35 bits per heavy atom. The highest BCUT2D eigenvalue weighted by Crippen LogP contribution is 2.52. The van der Waals surface area contributed by atoms with Crippen molar-refractivity contribution in [2.45, 2.75) is 31.0 Å². The zero-order valence-corrected chi connectivity index (χ0v) is 16.4. The molecule has 0 aliphatic carbocycles. The first-order valence-electron chi connectivity index (χ1n) is 9.93. The first-order valence-corrected chi connectivity index (χ1v) is 9.93. The molecule has 3 aromatic carbocycles. The molecule has 0 amide bonds. The fraction of sp³-hybridized carbons (Fsp3) is 0.208. The summed E-state index contributed by atoms with van der Waals surface area (Å²) in [4.78, 5) is 12.3. The number of phenolic OH excluding ortho intramolecular Hbond substituents is 3. The van der Waals surface area contributed by atoms with Gasteiger partial charge in [0, 0.05) is 29.5 Å². The number of ether oxygens (including phenoxy) is 2. The quantitative estimate of drug-likeness (QED) is 0.286. The standard InChI is InChI=1S/C24H20O7/c25-16-7-6-13(8-18(16)27)23-19(28)9-15-17(26)11-20-22(24(15)31-23)14(10-21(29)30-20)12-4-2-1-3-5-12/h1-8,11,14,19,23,25-28H,9-10H2/t14?,19-,23-/m1/s1. The Bertz CT molecular complexity index is 1170. The van der Waals surface area contributed by atoms with E-state index in [4.69, 9.17) is 9.47 Å². The van der Waals surface area contributed by atoms with Crippen molar-refractivity contribution in [3.8, 4) is 28.7 Å². The van der Waals surface area contributed by atoms with Crippen molar-refractivity contribution in [2.24, 2.45) is 0 Å². The van der Waals surface area contributed by atoms with Crippen LogP contribution in [0.15, 0.2) is 54.6 Å². The molecule has 2 heterocycles. The van der Waals surface area contributed by atoms with Crippen molar-refractivity contribution in [3.05, 3.63) is 76.9 Å². The summed E-state index contributed by atoms with van der Waals surface area (Å²) in [5.74, 6) is -0.883. The molecule has 5 rings (SSSR count). The number of aliphatic hydroxyl groups excluding tert-OH is 1. The Morgan fingerprint density at radius 2 is 1.61 bits per heavy atom. The van der Waals surface area contributed by atoms with Gasteiger partial charge in [-0.15, -0.1) is 0 Å². The Labute approximate surface area is 177 Å². The van der Waals surface area contributed by atoms with E-state index in [1.54, 1.807) is 6.07 Å². The number of phenols is 3. The SMILES string of the molecule is O=C1CC(c2ccccc2)c2c(cc(O)c3c2O[C@H](c2ccc(O)c(O)c2)[C@H](O)C3)O1. The van der Waals surface area contributed by atoms with Crippen LogP contribution in [-0.4, -0.2) is 32.5 Å². The molecule has 7 nitrogen and oxygen atoms in total. The Kier molecular flexibility index (Phi) is 4.48. The van der Waals surface area contributed by atoms with Crippen molar-refractivity contribution < 1.29 is 34.7 Å². The van der Waals surface area contributed by atoms with Gasteiger partial charge in [0.15, 0.2) is 11.5 Å². The minimum atomic E-state index is -0.998. The zero-order valence-electron chi connectivity index (χ0n) is 16.4. The van der Waals surface area contributed by atoms with Gasteiger partial charge >= 0.3 is 5.97 Å². The molecule has 31 heavy (non-hydrogen) atoms. The highest BCUT2D eigenvalue weighted by Gasteiger charge is 2.39. The Hall–Kier alpha value is -3.71. The van der Waals surface area contributed by atoms with Crippen LogP contribution in [-0.2, 0) is 11.2 Å². The minimum Gasteiger partial charge on any atom is -0.507 e. The fourth-order valence-electron chi connectivity index (χ4n) is 4.36. The van der Waals surface area contributed by atoms with Crippen LogP contribution in [0.4, 0.5) is 0 Å². The molecule has 158 valence electrons. The van der Waals surface area contributed by atoms with Crippen LogP contribution in [0.1, 0.15) is 40.7 Å². The number of fused-ring (bicyclic) bond motifs is 3. The van der Waals surface area contributed by atoms with Gasteiger partial charge in [-0.25, -0.2) is 0 Å². The summed E-state index contributed by atoms with van der Waals surface area (Å²) in [6.07, 6.45) is -1.62. The molecular weight excluding hydrogens is 400 g/mol. The van der Waals surface area contributed by atoms with E-state index in [-0.39, 0.29) is 41.8 Å². The third-order valence-corrected chi connectivity index (χ3v) is 5.84. The molecule has 0 radical (unpaired) electrons. The van der Waals surface area contributed by atoms with E-state index in [1.165, 1.54) is 18.2 Å². The second kappa shape index (κ2) is 7.21. The molecule has 4 N–H and O–H groups in total. The molecule has 7 heteroatoms.